The molecule has 0 fully saturated rings. The van der Waals surface area contributed by atoms with Crippen LogP contribution >= 0.6 is 0 Å². The number of benzene rings is 1. The van der Waals surface area contributed by atoms with Crippen LogP contribution in [0.25, 0.3) is 0 Å². The van der Waals surface area contributed by atoms with Crippen LogP contribution in [0.15, 0.2) is 49.1 Å². The summed E-state index contributed by atoms with van der Waals surface area (Å²) < 4.78 is 6.26. The van der Waals surface area contributed by atoms with Crippen LogP contribution in [0.3, 0.4) is 0 Å². The van der Waals surface area contributed by atoms with Gasteiger partial charge in [-0.2, -0.15) is 0 Å². The van der Waals surface area contributed by atoms with E-state index in [4.69, 9.17) is 4.74 Å². The molecule has 0 spiro atoms. The average molecular weight is 341 g/mol. The lowest BCUT2D eigenvalue weighted by Gasteiger charge is -2.40. The van der Waals surface area contributed by atoms with Gasteiger partial charge in [0.1, 0.15) is 12.4 Å². The number of rotatable bonds is 5. The highest BCUT2D eigenvalue weighted by atomic mass is 28.3. The minimum Gasteiger partial charge on any atom is -0.489 e. The quantitative estimate of drug-likeness (QED) is 0.496. The van der Waals surface area contributed by atoms with Crippen molar-refractivity contribution in [3.05, 3.63) is 60.2 Å². The molecule has 0 saturated carbocycles. The van der Waals surface area contributed by atoms with Gasteiger partial charge in [0.15, 0.2) is 0 Å². The number of hydrogen-bond donors (Lipinski definition) is 0. The van der Waals surface area contributed by atoms with Crippen LogP contribution in [-0.2, 0) is 5.41 Å². The zero-order valence-electron chi connectivity index (χ0n) is 16.4. The molecule has 0 bridgehead atoms. The minimum atomic E-state index is -1.84. The van der Waals surface area contributed by atoms with Crippen molar-refractivity contribution in [3.63, 3.8) is 0 Å². The monoisotopic (exact) mass is 340 g/mol. The van der Waals surface area contributed by atoms with Gasteiger partial charge in [-0.1, -0.05) is 95.4 Å². The highest BCUT2D eigenvalue weighted by molar-refractivity contribution is 6.93. The molecule has 0 saturated heterocycles. The zero-order valence-corrected chi connectivity index (χ0v) is 17.4. The molecule has 1 aromatic carbocycles. The lowest BCUT2D eigenvalue weighted by atomic mass is 9.85. The second kappa shape index (κ2) is 6.40. The molecule has 0 aromatic heterocycles. The summed E-state index contributed by atoms with van der Waals surface area (Å²) in [4.78, 5) is 0. The maximum atomic E-state index is 6.26. The van der Waals surface area contributed by atoms with E-state index < -0.39 is 8.07 Å². The summed E-state index contributed by atoms with van der Waals surface area (Å²) in [6, 6.07) is 4.64. The second-order valence-electron chi connectivity index (χ2n) is 8.66. The van der Waals surface area contributed by atoms with Gasteiger partial charge >= 0.3 is 0 Å². The standard InChI is InChI=1S/C22H32OSi/c1-9-14-23-20-18(21(3,4)5)15-17(2)16-19(20)24(7,8)22(6)12-10-11-13-22/h9-13,15-16H,1,14H2,2-8H3. The van der Waals surface area contributed by atoms with Gasteiger partial charge in [-0.15, -0.1) is 0 Å². The van der Waals surface area contributed by atoms with Crippen molar-refractivity contribution < 1.29 is 4.74 Å². The van der Waals surface area contributed by atoms with Crippen LogP contribution in [0.1, 0.15) is 38.8 Å². The Labute approximate surface area is 149 Å². The zero-order chi connectivity index (χ0) is 18.2. The van der Waals surface area contributed by atoms with Gasteiger partial charge in [0, 0.05) is 5.04 Å². The largest absolute Gasteiger partial charge is 0.489 e. The Morgan fingerprint density at radius 1 is 1.17 bits per heavy atom. The second-order valence-corrected chi connectivity index (χ2v) is 13.5. The predicted molar refractivity (Wildman–Crippen MR) is 109 cm³/mol. The molecule has 1 nitrogen and oxygen atoms in total. The molecule has 2 heteroatoms. The summed E-state index contributed by atoms with van der Waals surface area (Å²) in [6.45, 7) is 20.6. The van der Waals surface area contributed by atoms with Gasteiger partial charge in [0.25, 0.3) is 0 Å². The fourth-order valence-electron chi connectivity index (χ4n) is 3.37. The number of allylic oxidation sites excluding steroid dienone is 4. The van der Waals surface area contributed by atoms with E-state index in [1.165, 1.54) is 16.3 Å². The molecule has 1 aromatic rings. The van der Waals surface area contributed by atoms with E-state index in [2.05, 4.69) is 90.7 Å². The third-order valence-electron chi connectivity index (χ3n) is 5.40. The van der Waals surface area contributed by atoms with Gasteiger partial charge in [-0.05, 0) is 23.1 Å². The molecular weight excluding hydrogens is 308 g/mol. The highest BCUT2D eigenvalue weighted by Crippen LogP contribution is 2.45. The molecule has 0 radical (unpaired) electrons. The summed E-state index contributed by atoms with van der Waals surface area (Å²) in [5, 5.41) is 1.52. The topological polar surface area (TPSA) is 9.23 Å². The van der Waals surface area contributed by atoms with E-state index in [1.54, 1.807) is 0 Å². The van der Waals surface area contributed by atoms with Crippen LogP contribution in [0.2, 0.25) is 18.1 Å². The molecule has 1 aliphatic carbocycles. The molecule has 130 valence electrons. The van der Waals surface area contributed by atoms with Crippen LogP contribution in [0.4, 0.5) is 0 Å². The molecule has 0 heterocycles. The molecule has 1 aliphatic rings. The van der Waals surface area contributed by atoms with Gasteiger partial charge in [0.2, 0.25) is 0 Å². The van der Waals surface area contributed by atoms with Gasteiger partial charge < -0.3 is 4.74 Å². The van der Waals surface area contributed by atoms with Crippen molar-refractivity contribution in [2.45, 2.75) is 58.2 Å². The van der Waals surface area contributed by atoms with E-state index in [9.17, 15) is 0 Å². The Kier molecular flexibility index (Phi) is 5.01. The lowest BCUT2D eigenvalue weighted by molar-refractivity contribution is 0.353. The van der Waals surface area contributed by atoms with Gasteiger partial charge in [0.05, 0.1) is 8.07 Å². The van der Waals surface area contributed by atoms with Gasteiger partial charge in [-0.3, -0.25) is 0 Å². The fraction of sp³-hybridized carbons (Fsp3) is 0.455. The Hall–Kier alpha value is -1.54. The molecule has 0 amide bonds. The van der Waals surface area contributed by atoms with Crippen LogP contribution in [-0.4, -0.2) is 14.7 Å². The Balaban J connectivity index is 2.72. The highest BCUT2D eigenvalue weighted by Gasteiger charge is 2.44. The van der Waals surface area contributed by atoms with E-state index in [0.29, 0.717) is 6.61 Å². The summed E-state index contributed by atoms with van der Waals surface area (Å²) >= 11 is 0. The first-order valence-corrected chi connectivity index (χ1v) is 11.8. The maximum Gasteiger partial charge on any atom is 0.122 e. The molecule has 2 rings (SSSR count). The first-order chi connectivity index (χ1) is 11.0. The van der Waals surface area contributed by atoms with Crippen molar-refractivity contribution in [2.24, 2.45) is 0 Å². The molecule has 0 unspecified atom stereocenters. The average Bonchev–Trinajstić information content (AvgIpc) is 2.92. The summed E-state index contributed by atoms with van der Waals surface area (Å²) in [5.41, 5.74) is 2.66. The fourth-order valence-corrected chi connectivity index (χ4v) is 6.33. The van der Waals surface area contributed by atoms with E-state index in [-0.39, 0.29) is 10.5 Å². The summed E-state index contributed by atoms with van der Waals surface area (Å²) in [7, 11) is -1.84. The first-order valence-electron chi connectivity index (χ1n) is 8.79. The van der Waals surface area contributed by atoms with Crippen molar-refractivity contribution in [3.8, 4) is 5.75 Å². The van der Waals surface area contributed by atoms with Crippen molar-refractivity contribution in [1.82, 2.24) is 0 Å². The molecule has 0 aliphatic heterocycles. The van der Waals surface area contributed by atoms with E-state index >= 15 is 0 Å². The summed E-state index contributed by atoms with van der Waals surface area (Å²) in [5.74, 6) is 1.08. The number of aryl methyl sites for hydroxylation is 1. The number of ether oxygens (including phenoxy) is 1. The van der Waals surface area contributed by atoms with E-state index in [0.717, 1.165) is 5.75 Å². The predicted octanol–water partition coefficient (Wildman–Crippen LogP) is 5.66. The molecule has 0 N–H and O–H groups in total. The maximum absolute atomic E-state index is 6.26. The molecular formula is C22H32OSi. The number of hydrogen-bond acceptors (Lipinski definition) is 1. The summed E-state index contributed by atoms with van der Waals surface area (Å²) in [6.07, 6.45) is 10.9. The third-order valence-corrected chi connectivity index (χ3v) is 10.1. The van der Waals surface area contributed by atoms with Crippen LogP contribution < -0.4 is 9.92 Å². The van der Waals surface area contributed by atoms with Crippen molar-refractivity contribution >= 4 is 13.3 Å². The Morgan fingerprint density at radius 2 is 1.75 bits per heavy atom. The minimum absolute atomic E-state index is 0.0456. The lowest BCUT2D eigenvalue weighted by Crippen LogP contribution is -2.51. The SMILES string of the molecule is C=CCOc1c(C(C)(C)C)cc(C)cc1[Si](C)(C)C1(C)C=CC=C1. The molecule has 24 heavy (non-hydrogen) atoms. The Bertz CT molecular complexity index is 675. The smallest absolute Gasteiger partial charge is 0.122 e. The van der Waals surface area contributed by atoms with Crippen LogP contribution in [0.5, 0.6) is 5.75 Å². The Morgan fingerprint density at radius 3 is 2.25 bits per heavy atom. The normalized spacial score (nSPS) is 16.5. The van der Waals surface area contributed by atoms with Crippen LogP contribution in [0, 0.1) is 6.92 Å². The first kappa shape index (κ1) is 18.8. The molecule has 0 atom stereocenters. The van der Waals surface area contributed by atoms with Crippen molar-refractivity contribution in [1.29, 1.82) is 0 Å². The van der Waals surface area contributed by atoms with E-state index in [1.807, 2.05) is 6.08 Å². The van der Waals surface area contributed by atoms with Crippen molar-refractivity contribution in [2.75, 3.05) is 6.61 Å². The third kappa shape index (κ3) is 3.30. The van der Waals surface area contributed by atoms with Gasteiger partial charge in [-0.25, -0.2) is 0 Å².